The Labute approximate surface area is 174 Å². The molecule has 154 valence electrons. The summed E-state index contributed by atoms with van der Waals surface area (Å²) >= 11 is 0. The van der Waals surface area contributed by atoms with Crippen LogP contribution < -0.4 is 10.2 Å². The fourth-order valence-electron chi connectivity index (χ4n) is 3.93. The topological polar surface area (TPSA) is 69.7 Å². The van der Waals surface area contributed by atoms with E-state index in [0.717, 1.165) is 13.1 Å². The zero-order valence-corrected chi connectivity index (χ0v) is 18.3. The fraction of sp³-hybridized carbons (Fsp3) is 0.611. The number of piperazine rings is 1. The lowest BCUT2D eigenvalue weighted by atomic mass is 9.94. The molecule has 2 saturated heterocycles. The molecule has 0 unspecified atom stereocenters. The van der Waals surface area contributed by atoms with Crippen LogP contribution in [0.15, 0.2) is 24.3 Å². The van der Waals surface area contributed by atoms with Crippen LogP contribution in [-0.2, 0) is 14.6 Å². The second-order valence-electron chi connectivity index (χ2n) is 7.08. The first kappa shape index (κ1) is 24.0. The molecule has 0 radical (unpaired) electrons. The average molecular weight is 438 g/mol. The summed E-state index contributed by atoms with van der Waals surface area (Å²) in [5.74, 6) is -0.207. The normalized spacial score (nSPS) is 19.6. The van der Waals surface area contributed by atoms with Crippen molar-refractivity contribution in [2.45, 2.75) is 24.5 Å². The number of rotatable bonds is 3. The summed E-state index contributed by atoms with van der Waals surface area (Å²) in [6.45, 7) is 5.82. The predicted molar refractivity (Wildman–Crippen MR) is 114 cm³/mol. The van der Waals surface area contributed by atoms with Crippen LogP contribution in [0.3, 0.4) is 0 Å². The highest BCUT2D eigenvalue weighted by Gasteiger charge is 2.50. The number of nitrogens with one attached hydrogen (secondary N) is 1. The van der Waals surface area contributed by atoms with E-state index >= 15 is 0 Å². The van der Waals surface area contributed by atoms with E-state index in [0.29, 0.717) is 39.0 Å². The summed E-state index contributed by atoms with van der Waals surface area (Å²) in [6, 6.07) is 8.22. The molecule has 6 nitrogen and oxygen atoms in total. The average Bonchev–Trinajstić information content (AvgIpc) is 2.61. The summed E-state index contributed by atoms with van der Waals surface area (Å²) in [6.07, 6.45) is 1.94. The molecule has 1 aromatic rings. The van der Waals surface area contributed by atoms with Gasteiger partial charge in [0.2, 0.25) is 5.91 Å². The first-order valence-electron chi connectivity index (χ1n) is 8.85. The van der Waals surface area contributed by atoms with Gasteiger partial charge in [0.25, 0.3) is 0 Å². The molecular weight excluding hydrogens is 409 g/mol. The highest BCUT2D eigenvalue weighted by Crippen LogP contribution is 2.31. The molecule has 1 N–H and O–H groups in total. The first-order valence-corrected chi connectivity index (χ1v) is 10.7. The van der Waals surface area contributed by atoms with Crippen LogP contribution in [0.2, 0.25) is 0 Å². The molecule has 9 heteroatoms. The molecule has 0 saturated carbocycles. The monoisotopic (exact) mass is 437 g/mol. The molecule has 0 bridgehead atoms. The van der Waals surface area contributed by atoms with Crippen LogP contribution in [0, 0.1) is 6.92 Å². The van der Waals surface area contributed by atoms with Gasteiger partial charge in [-0.25, -0.2) is 8.42 Å². The first-order chi connectivity index (χ1) is 11.8. The molecule has 0 aromatic heterocycles. The van der Waals surface area contributed by atoms with Crippen LogP contribution in [0.1, 0.15) is 18.4 Å². The minimum Gasteiger partial charge on any atom is -0.368 e. The number of carbonyl (C=O) groups excluding carboxylic acids is 1. The molecular formula is C18H29Cl2N3O3S. The van der Waals surface area contributed by atoms with Gasteiger partial charge in [-0.3, -0.25) is 4.79 Å². The van der Waals surface area contributed by atoms with Crippen LogP contribution in [0.4, 0.5) is 5.69 Å². The third-order valence-corrected chi connectivity index (χ3v) is 7.54. The van der Waals surface area contributed by atoms with Crippen molar-refractivity contribution in [2.24, 2.45) is 0 Å². The standard InChI is InChI=1S/C18H27N3O3S.2ClH/c1-15-5-3-4-6-16(15)20-11-13-21(14-12-20)17(22)18(25(2,23)24)7-9-19-10-8-18;;/h3-6,19H,7-14H2,1-2H3;2*1H. The van der Waals surface area contributed by atoms with E-state index in [9.17, 15) is 13.2 Å². The van der Waals surface area contributed by atoms with E-state index in [-0.39, 0.29) is 30.7 Å². The van der Waals surface area contributed by atoms with E-state index in [1.165, 1.54) is 17.5 Å². The molecule has 0 atom stereocenters. The van der Waals surface area contributed by atoms with Gasteiger partial charge >= 0.3 is 0 Å². The molecule has 2 aliphatic heterocycles. The zero-order chi connectivity index (χ0) is 18.1. The third-order valence-electron chi connectivity index (χ3n) is 5.53. The van der Waals surface area contributed by atoms with Crippen LogP contribution in [0.5, 0.6) is 0 Å². The van der Waals surface area contributed by atoms with E-state index < -0.39 is 14.6 Å². The Bertz CT molecular complexity index is 744. The Morgan fingerprint density at radius 2 is 1.59 bits per heavy atom. The SMILES string of the molecule is Cc1ccccc1N1CCN(C(=O)C2(S(C)(=O)=O)CCNCC2)CC1.Cl.Cl. The number of nitrogens with zero attached hydrogens (tertiary/aromatic N) is 2. The number of anilines is 1. The van der Waals surface area contributed by atoms with Crippen molar-refractivity contribution in [1.82, 2.24) is 10.2 Å². The quantitative estimate of drug-likeness (QED) is 0.778. The second kappa shape index (κ2) is 9.45. The Kier molecular flexibility index (Phi) is 8.41. The van der Waals surface area contributed by atoms with Crippen molar-refractivity contribution in [3.05, 3.63) is 29.8 Å². The van der Waals surface area contributed by atoms with Gasteiger partial charge in [0.1, 0.15) is 0 Å². The summed E-state index contributed by atoms with van der Waals surface area (Å²) in [5, 5.41) is 3.16. The molecule has 1 aromatic carbocycles. The van der Waals surface area contributed by atoms with Gasteiger partial charge in [-0.05, 0) is 44.5 Å². The van der Waals surface area contributed by atoms with E-state index in [1.54, 1.807) is 4.90 Å². The Morgan fingerprint density at radius 3 is 2.11 bits per heavy atom. The van der Waals surface area contributed by atoms with Gasteiger partial charge in [0.05, 0.1) is 0 Å². The van der Waals surface area contributed by atoms with Gasteiger partial charge < -0.3 is 15.1 Å². The van der Waals surface area contributed by atoms with Crippen molar-refractivity contribution < 1.29 is 13.2 Å². The number of sulfone groups is 1. The van der Waals surface area contributed by atoms with Gasteiger partial charge in [-0.15, -0.1) is 24.8 Å². The predicted octanol–water partition coefficient (Wildman–Crippen LogP) is 1.65. The number of halogens is 2. The fourth-order valence-corrected chi connectivity index (χ4v) is 5.32. The summed E-state index contributed by atoms with van der Waals surface area (Å²) in [4.78, 5) is 17.2. The largest absolute Gasteiger partial charge is 0.368 e. The smallest absolute Gasteiger partial charge is 0.244 e. The molecule has 2 heterocycles. The highest BCUT2D eigenvalue weighted by molar-refractivity contribution is 7.92. The van der Waals surface area contributed by atoms with Crippen LogP contribution >= 0.6 is 24.8 Å². The van der Waals surface area contributed by atoms with E-state index in [4.69, 9.17) is 0 Å². The zero-order valence-electron chi connectivity index (χ0n) is 15.8. The number of piperidine rings is 1. The Balaban J connectivity index is 0.00000182. The summed E-state index contributed by atoms with van der Waals surface area (Å²) in [7, 11) is -3.45. The maximum atomic E-state index is 13.1. The lowest BCUT2D eigenvalue weighted by Crippen LogP contribution is -2.61. The van der Waals surface area contributed by atoms with Crippen LogP contribution in [-0.4, -0.2) is 69.5 Å². The number of carbonyl (C=O) groups is 1. The Hall–Kier alpha value is -1.02. The lowest BCUT2D eigenvalue weighted by Gasteiger charge is -2.42. The molecule has 3 rings (SSSR count). The number of aryl methyl sites for hydroxylation is 1. The van der Waals surface area contributed by atoms with Crippen molar-refractivity contribution in [1.29, 1.82) is 0 Å². The third kappa shape index (κ3) is 4.70. The number of para-hydroxylation sites is 1. The minimum atomic E-state index is -3.45. The van der Waals surface area contributed by atoms with E-state index in [2.05, 4.69) is 29.3 Å². The van der Waals surface area contributed by atoms with Gasteiger partial charge in [0.15, 0.2) is 14.6 Å². The number of amides is 1. The lowest BCUT2D eigenvalue weighted by molar-refractivity contribution is -0.135. The second-order valence-corrected chi connectivity index (χ2v) is 9.41. The van der Waals surface area contributed by atoms with Crippen molar-refractivity contribution in [2.75, 3.05) is 50.4 Å². The summed E-state index contributed by atoms with van der Waals surface area (Å²) in [5.41, 5.74) is 2.41. The molecule has 2 fully saturated rings. The number of hydrogen-bond donors (Lipinski definition) is 1. The van der Waals surface area contributed by atoms with Gasteiger partial charge in [-0.2, -0.15) is 0 Å². The molecule has 1 amide bonds. The Morgan fingerprint density at radius 1 is 1.04 bits per heavy atom. The number of benzene rings is 1. The molecule has 0 spiro atoms. The van der Waals surface area contributed by atoms with Crippen molar-refractivity contribution in [3.63, 3.8) is 0 Å². The van der Waals surface area contributed by atoms with Gasteiger partial charge in [-0.1, -0.05) is 18.2 Å². The molecule has 0 aliphatic carbocycles. The minimum absolute atomic E-state index is 0. The van der Waals surface area contributed by atoms with Crippen molar-refractivity contribution in [3.8, 4) is 0 Å². The van der Waals surface area contributed by atoms with Crippen molar-refractivity contribution >= 4 is 46.2 Å². The maximum Gasteiger partial charge on any atom is 0.244 e. The van der Waals surface area contributed by atoms with E-state index in [1.807, 2.05) is 12.1 Å². The maximum absolute atomic E-state index is 13.1. The van der Waals surface area contributed by atoms with Gasteiger partial charge in [0, 0.05) is 38.1 Å². The summed E-state index contributed by atoms with van der Waals surface area (Å²) < 4.78 is 23.6. The number of hydrogen-bond acceptors (Lipinski definition) is 5. The molecule has 27 heavy (non-hydrogen) atoms. The molecule has 2 aliphatic rings. The van der Waals surface area contributed by atoms with Crippen LogP contribution in [0.25, 0.3) is 0 Å². The highest BCUT2D eigenvalue weighted by atomic mass is 35.5.